The van der Waals surface area contributed by atoms with E-state index in [1.165, 1.54) is 12.5 Å². The predicted octanol–water partition coefficient (Wildman–Crippen LogP) is 4.18. The molecule has 0 aliphatic heterocycles. The summed E-state index contributed by atoms with van der Waals surface area (Å²) >= 11 is 0. The van der Waals surface area contributed by atoms with E-state index in [-0.39, 0.29) is 12.0 Å². The van der Waals surface area contributed by atoms with Gasteiger partial charge in [0.25, 0.3) is 0 Å². The van der Waals surface area contributed by atoms with Gasteiger partial charge in [0, 0.05) is 11.6 Å². The summed E-state index contributed by atoms with van der Waals surface area (Å²) in [4.78, 5) is 0. The van der Waals surface area contributed by atoms with Gasteiger partial charge in [-0.3, -0.25) is 0 Å². The fourth-order valence-electron chi connectivity index (χ4n) is 3.06. The van der Waals surface area contributed by atoms with Gasteiger partial charge in [0.2, 0.25) is 0 Å². The maximum absolute atomic E-state index is 13.7. The Hall–Kier alpha value is -0.960. The van der Waals surface area contributed by atoms with Crippen LogP contribution in [0.2, 0.25) is 0 Å². The van der Waals surface area contributed by atoms with E-state index in [0.29, 0.717) is 11.5 Å². The molecule has 0 radical (unpaired) electrons. The van der Waals surface area contributed by atoms with Crippen LogP contribution in [0.15, 0.2) is 18.2 Å². The Morgan fingerprint density at radius 1 is 1.33 bits per heavy atom. The quantitative estimate of drug-likeness (QED) is 0.859. The molecule has 1 aliphatic carbocycles. The van der Waals surface area contributed by atoms with Crippen LogP contribution in [-0.2, 0) is 0 Å². The zero-order chi connectivity index (χ0) is 13.1. The molecule has 2 rings (SSSR count). The molecule has 0 spiro atoms. The summed E-state index contributed by atoms with van der Waals surface area (Å²) in [5, 5.41) is 0. The van der Waals surface area contributed by atoms with Crippen molar-refractivity contribution in [2.24, 2.45) is 17.6 Å². The average Bonchev–Trinajstić information content (AvgIpc) is 2.41. The highest BCUT2D eigenvalue weighted by molar-refractivity contribution is 5.23. The fourth-order valence-corrected chi connectivity index (χ4v) is 3.06. The Bertz CT molecular complexity index is 405. The molecule has 0 amide bonds. The highest BCUT2D eigenvalue weighted by Gasteiger charge is 2.28. The van der Waals surface area contributed by atoms with Crippen LogP contribution in [0.4, 0.5) is 8.78 Å². The number of rotatable bonds is 3. The number of halogens is 2. The van der Waals surface area contributed by atoms with Gasteiger partial charge in [-0.05, 0) is 30.7 Å². The summed E-state index contributed by atoms with van der Waals surface area (Å²) in [6.45, 7) is 2.18. The van der Waals surface area contributed by atoms with E-state index in [1.807, 2.05) is 0 Å². The Morgan fingerprint density at radius 2 is 2.11 bits per heavy atom. The van der Waals surface area contributed by atoms with Gasteiger partial charge >= 0.3 is 0 Å². The molecule has 3 heteroatoms. The third-order valence-electron chi connectivity index (χ3n) is 4.25. The average molecular weight is 253 g/mol. The first kappa shape index (κ1) is 13.5. The molecule has 0 aromatic heterocycles. The van der Waals surface area contributed by atoms with E-state index >= 15 is 0 Å². The number of hydrogen-bond donors (Lipinski definition) is 1. The molecule has 1 fully saturated rings. The van der Waals surface area contributed by atoms with Crippen LogP contribution in [0.5, 0.6) is 0 Å². The summed E-state index contributed by atoms with van der Waals surface area (Å²) in [7, 11) is 0. The van der Waals surface area contributed by atoms with Gasteiger partial charge < -0.3 is 5.73 Å². The largest absolute Gasteiger partial charge is 0.324 e. The van der Waals surface area contributed by atoms with Gasteiger partial charge in [-0.25, -0.2) is 8.78 Å². The first-order valence-corrected chi connectivity index (χ1v) is 6.83. The summed E-state index contributed by atoms with van der Waals surface area (Å²) in [6.07, 6.45) is 5.59. The van der Waals surface area contributed by atoms with Crippen molar-refractivity contribution in [1.82, 2.24) is 0 Å². The predicted molar refractivity (Wildman–Crippen MR) is 69.0 cm³/mol. The van der Waals surface area contributed by atoms with Gasteiger partial charge in [0.05, 0.1) is 0 Å². The van der Waals surface area contributed by atoms with Crippen LogP contribution in [0.25, 0.3) is 0 Å². The lowest BCUT2D eigenvalue weighted by Crippen LogP contribution is -2.27. The van der Waals surface area contributed by atoms with Gasteiger partial charge in [-0.15, -0.1) is 0 Å². The lowest BCUT2D eigenvalue weighted by Gasteiger charge is -2.32. The third-order valence-corrected chi connectivity index (χ3v) is 4.25. The normalized spacial score (nSPS) is 26.0. The molecule has 1 aliphatic rings. The highest BCUT2D eigenvalue weighted by Crippen LogP contribution is 2.38. The standard InChI is InChI=1S/C15H21F2N/c1-2-10-5-3-6-11(9-10)15(18)12-7-4-8-13(16)14(12)17/h4,7-8,10-11,15H,2-3,5-6,9,18H2,1H3. The van der Waals surface area contributed by atoms with Crippen molar-refractivity contribution in [3.05, 3.63) is 35.4 Å². The molecule has 1 nitrogen and oxygen atoms in total. The summed E-state index contributed by atoms with van der Waals surface area (Å²) in [6, 6.07) is 3.91. The van der Waals surface area contributed by atoms with E-state index in [1.54, 1.807) is 6.07 Å². The molecule has 2 N–H and O–H groups in total. The molecular formula is C15H21F2N. The van der Waals surface area contributed by atoms with Crippen molar-refractivity contribution in [2.75, 3.05) is 0 Å². The van der Waals surface area contributed by atoms with E-state index in [4.69, 9.17) is 5.73 Å². The Morgan fingerprint density at radius 3 is 2.83 bits per heavy atom. The Kier molecular flexibility index (Phi) is 4.33. The molecule has 1 saturated carbocycles. The van der Waals surface area contributed by atoms with Crippen molar-refractivity contribution < 1.29 is 8.78 Å². The Labute approximate surface area is 107 Å². The maximum Gasteiger partial charge on any atom is 0.163 e. The van der Waals surface area contributed by atoms with E-state index in [0.717, 1.165) is 31.7 Å². The van der Waals surface area contributed by atoms with Crippen LogP contribution in [-0.4, -0.2) is 0 Å². The topological polar surface area (TPSA) is 26.0 Å². The van der Waals surface area contributed by atoms with E-state index < -0.39 is 11.6 Å². The second-order valence-corrected chi connectivity index (χ2v) is 5.37. The van der Waals surface area contributed by atoms with Gasteiger partial charge in [0.15, 0.2) is 11.6 Å². The molecular weight excluding hydrogens is 232 g/mol. The first-order valence-electron chi connectivity index (χ1n) is 6.83. The Balaban J connectivity index is 2.15. The number of benzene rings is 1. The van der Waals surface area contributed by atoms with Crippen molar-refractivity contribution in [2.45, 2.75) is 45.1 Å². The third kappa shape index (κ3) is 2.72. The molecule has 3 unspecified atom stereocenters. The molecule has 0 saturated heterocycles. The monoisotopic (exact) mass is 253 g/mol. The summed E-state index contributed by atoms with van der Waals surface area (Å²) in [5.74, 6) is -0.610. The molecule has 100 valence electrons. The summed E-state index contributed by atoms with van der Waals surface area (Å²) in [5.41, 5.74) is 6.48. The van der Waals surface area contributed by atoms with Crippen molar-refractivity contribution in [1.29, 1.82) is 0 Å². The van der Waals surface area contributed by atoms with Crippen molar-refractivity contribution in [3.63, 3.8) is 0 Å². The molecule has 1 aromatic rings. The lowest BCUT2D eigenvalue weighted by atomic mass is 9.75. The zero-order valence-corrected chi connectivity index (χ0v) is 10.8. The maximum atomic E-state index is 13.7. The lowest BCUT2D eigenvalue weighted by molar-refractivity contribution is 0.227. The molecule has 3 atom stereocenters. The minimum Gasteiger partial charge on any atom is -0.324 e. The minimum atomic E-state index is -0.800. The second kappa shape index (κ2) is 5.79. The van der Waals surface area contributed by atoms with E-state index in [9.17, 15) is 8.78 Å². The SMILES string of the molecule is CCC1CCCC(C(N)c2cccc(F)c2F)C1. The smallest absolute Gasteiger partial charge is 0.163 e. The van der Waals surface area contributed by atoms with Crippen LogP contribution in [0, 0.1) is 23.5 Å². The summed E-state index contributed by atoms with van der Waals surface area (Å²) < 4.78 is 27.0. The molecule has 0 heterocycles. The van der Waals surface area contributed by atoms with Crippen molar-refractivity contribution in [3.8, 4) is 0 Å². The highest BCUT2D eigenvalue weighted by atomic mass is 19.2. The van der Waals surface area contributed by atoms with Crippen LogP contribution >= 0.6 is 0 Å². The van der Waals surface area contributed by atoms with Gasteiger partial charge in [-0.1, -0.05) is 38.3 Å². The van der Waals surface area contributed by atoms with Crippen LogP contribution in [0.3, 0.4) is 0 Å². The van der Waals surface area contributed by atoms with Crippen LogP contribution < -0.4 is 5.73 Å². The number of hydrogen-bond acceptors (Lipinski definition) is 1. The van der Waals surface area contributed by atoms with Gasteiger partial charge in [0.1, 0.15) is 0 Å². The molecule has 0 bridgehead atoms. The molecule has 1 aromatic carbocycles. The first-order chi connectivity index (χ1) is 8.63. The fraction of sp³-hybridized carbons (Fsp3) is 0.600. The van der Waals surface area contributed by atoms with Gasteiger partial charge in [-0.2, -0.15) is 0 Å². The molecule has 18 heavy (non-hydrogen) atoms. The minimum absolute atomic E-state index is 0.278. The number of nitrogens with two attached hydrogens (primary N) is 1. The van der Waals surface area contributed by atoms with Crippen LogP contribution in [0.1, 0.15) is 50.6 Å². The second-order valence-electron chi connectivity index (χ2n) is 5.37. The van der Waals surface area contributed by atoms with Crippen molar-refractivity contribution >= 4 is 0 Å². The van der Waals surface area contributed by atoms with E-state index in [2.05, 4.69) is 6.92 Å². The zero-order valence-electron chi connectivity index (χ0n) is 10.8.